The van der Waals surface area contributed by atoms with Crippen LogP contribution in [0, 0.1) is 11.3 Å². The van der Waals surface area contributed by atoms with Gasteiger partial charge >= 0.3 is 0 Å². The molecular weight excluding hydrogens is 292 g/mol. The van der Waals surface area contributed by atoms with Crippen LogP contribution in [0.2, 0.25) is 0 Å². The Balaban J connectivity index is 2.26. The van der Waals surface area contributed by atoms with Crippen LogP contribution in [-0.2, 0) is 0 Å². The fourth-order valence-electron chi connectivity index (χ4n) is 1.50. The van der Waals surface area contributed by atoms with E-state index in [0.717, 1.165) is 15.8 Å². The SMILES string of the molecule is N#Cc1ccc(Nc2ccc(N)c(N)c2)cc1Br. The first-order chi connectivity index (χ1) is 8.60. The zero-order valence-corrected chi connectivity index (χ0v) is 11.0. The number of hydrogen-bond acceptors (Lipinski definition) is 4. The highest BCUT2D eigenvalue weighted by Crippen LogP contribution is 2.26. The maximum Gasteiger partial charge on any atom is 0.100 e. The number of nitriles is 1. The molecule has 0 unspecified atom stereocenters. The zero-order valence-electron chi connectivity index (χ0n) is 9.44. The molecule has 0 radical (unpaired) electrons. The largest absolute Gasteiger partial charge is 0.397 e. The fraction of sp³-hybridized carbons (Fsp3) is 0. The number of rotatable bonds is 2. The van der Waals surface area contributed by atoms with Crippen LogP contribution in [0.25, 0.3) is 0 Å². The summed E-state index contributed by atoms with van der Waals surface area (Å²) in [6, 6.07) is 12.9. The van der Waals surface area contributed by atoms with E-state index < -0.39 is 0 Å². The van der Waals surface area contributed by atoms with Gasteiger partial charge in [0.2, 0.25) is 0 Å². The normalized spacial score (nSPS) is 9.78. The van der Waals surface area contributed by atoms with Crippen LogP contribution in [0.15, 0.2) is 40.9 Å². The van der Waals surface area contributed by atoms with Crippen LogP contribution < -0.4 is 16.8 Å². The second kappa shape index (κ2) is 4.98. The summed E-state index contributed by atoms with van der Waals surface area (Å²) in [4.78, 5) is 0. The van der Waals surface area contributed by atoms with Gasteiger partial charge in [-0.25, -0.2) is 0 Å². The molecule has 0 spiro atoms. The molecular formula is C13H11BrN4. The van der Waals surface area contributed by atoms with Gasteiger partial charge in [0.25, 0.3) is 0 Å². The van der Waals surface area contributed by atoms with Crippen molar-refractivity contribution in [1.29, 1.82) is 5.26 Å². The maximum atomic E-state index is 8.84. The standard InChI is InChI=1S/C13H11BrN4/c14-11-5-9(2-1-8(11)7-15)18-10-3-4-12(16)13(17)6-10/h1-6,18H,16-17H2. The van der Waals surface area contributed by atoms with Gasteiger partial charge in [-0.05, 0) is 52.3 Å². The van der Waals surface area contributed by atoms with Crippen LogP contribution in [-0.4, -0.2) is 0 Å². The summed E-state index contributed by atoms with van der Waals surface area (Å²) in [5, 5.41) is 12.0. The molecule has 0 aromatic heterocycles. The highest BCUT2D eigenvalue weighted by Gasteiger charge is 2.02. The van der Waals surface area contributed by atoms with Gasteiger partial charge in [-0.2, -0.15) is 5.26 Å². The number of nitrogens with two attached hydrogens (primary N) is 2. The number of hydrogen-bond donors (Lipinski definition) is 3. The molecule has 2 aromatic rings. The molecule has 18 heavy (non-hydrogen) atoms. The minimum atomic E-state index is 0.535. The minimum Gasteiger partial charge on any atom is -0.397 e. The molecule has 0 aliphatic carbocycles. The number of halogens is 1. The summed E-state index contributed by atoms with van der Waals surface area (Å²) >= 11 is 3.34. The van der Waals surface area contributed by atoms with E-state index in [9.17, 15) is 0 Å². The van der Waals surface area contributed by atoms with Crippen LogP contribution in [0.1, 0.15) is 5.56 Å². The molecule has 4 nitrogen and oxygen atoms in total. The predicted octanol–water partition coefficient (Wildman–Crippen LogP) is 3.23. The first-order valence-corrected chi connectivity index (χ1v) is 6.01. The summed E-state index contributed by atoms with van der Waals surface area (Å²) in [5.74, 6) is 0. The molecule has 0 bridgehead atoms. The summed E-state index contributed by atoms with van der Waals surface area (Å²) in [7, 11) is 0. The molecule has 90 valence electrons. The number of nitrogen functional groups attached to an aromatic ring is 2. The topological polar surface area (TPSA) is 87.9 Å². The maximum absolute atomic E-state index is 8.84. The monoisotopic (exact) mass is 302 g/mol. The first-order valence-electron chi connectivity index (χ1n) is 5.22. The lowest BCUT2D eigenvalue weighted by atomic mass is 10.2. The smallest absolute Gasteiger partial charge is 0.100 e. The molecule has 0 amide bonds. The quantitative estimate of drug-likeness (QED) is 0.743. The van der Waals surface area contributed by atoms with Gasteiger partial charge in [0.1, 0.15) is 6.07 Å². The van der Waals surface area contributed by atoms with Crippen LogP contribution in [0.5, 0.6) is 0 Å². The van der Waals surface area contributed by atoms with Crippen molar-refractivity contribution in [1.82, 2.24) is 0 Å². The lowest BCUT2D eigenvalue weighted by molar-refractivity contribution is 1.45. The predicted molar refractivity (Wildman–Crippen MR) is 77.4 cm³/mol. The fourth-order valence-corrected chi connectivity index (χ4v) is 1.97. The van der Waals surface area contributed by atoms with Gasteiger partial charge in [0.15, 0.2) is 0 Å². The van der Waals surface area contributed by atoms with Gasteiger partial charge in [-0.15, -0.1) is 0 Å². The Morgan fingerprint density at radius 2 is 1.67 bits per heavy atom. The van der Waals surface area contributed by atoms with E-state index in [4.69, 9.17) is 16.7 Å². The van der Waals surface area contributed by atoms with Crippen LogP contribution in [0.4, 0.5) is 22.7 Å². The molecule has 5 N–H and O–H groups in total. The molecule has 2 aromatic carbocycles. The molecule has 2 rings (SSSR count). The van der Waals surface area contributed by atoms with Crippen molar-refractivity contribution in [2.45, 2.75) is 0 Å². The Morgan fingerprint density at radius 3 is 2.28 bits per heavy atom. The average molecular weight is 303 g/mol. The summed E-state index contributed by atoms with van der Waals surface area (Å²) in [6.07, 6.45) is 0. The molecule has 0 saturated carbocycles. The summed E-state index contributed by atoms with van der Waals surface area (Å²) in [5.41, 5.74) is 14.8. The van der Waals surface area contributed by atoms with Crippen molar-refractivity contribution in [2.24, 2.45) is 0 Å². The van der Waals surface area contributed by atoms with E-state index in [2.05, 4.69) is 27.3 Å². The van der Waals surface area contributed by atoms with Crippen LogP contribution >= 0.6 is 15.9 Å². The summed E-state index contributed by atoms with van der Waals surface area (Å²) in [6.45, 7) is 0. The third-order valence-electron chi connectivity index (χ3n) is 2.47. The number of benzene rings is 2. The molecule has 0 saturated heterocycles. The number of anilines is 4. The first kappa shape index (κ1) is 12.3. The van der Waals surface area contributed by atoms with E-state index in [0.29, 0.717) is 16.9 Å². The molecule has 0 heterocycles. The van der Waals surface area contributed by atoms with E-state index in [1.54, 1.807) is 18.2 Å². The van der Waals surface area contributed by atoms with Crippen molar-refractivity contribution in [3.05, 3.63) is 46.4 Å². The third-order valence-corrected chi connectivity index (χ3v) is 3.12. The number of nitrogens with zero attached hydrogens (tertiary/aromatic N) is 1. The molecule has 0 aliphatic rings. The highest BCUT2D eigenvalue weighted by atomic mass is 79.9. The van der Waals surface area contributed by atoms with Crippen LogP contribution in [0.3, 0.4) is 0 Å². The molecule has 0 fully saturated rings. The lowest BCUT2D eigenvalue weighted by Crippen LogP contribution is -1.97. The van der Waals surface area contributed by atoms with E-state index in [1.165, 1.54) is 0 Å². The Bertz CT molecular complexity index is 631. The van der Waals surface area contributed by atoms with Gasteiger partial charge in [0.05, 0.1) is 16.9 Å². The van der Waals surface area contributed by atoms with Crippen molar-refractivity contribution in [3.8, 4) is 6.07 Å². The lowest BCUT2D eigenvalue weighted by Gasteiger charge is -2.09. The average Bonchev–Trinajstić information content (AvgIpc) is 2.34. The van der Waals surface area contributed by atoms with Gasteiger partial charge in [-0.3, -0.25) is 0 Å². The Hall–Kier alpha value is -2.19. The Kier molecular flexibility index (Phi) is 3.40. The Morgan fingerprint density at radius 1 is 1.00 bits per heavy atom. The second-order valence-corrected chi connectivity index (χ2v) is 4.63. The van der Waals surface area contributed by atoms with Gasteiger partial charge in [0, 0.05) is 15.8 Å². The van der Waals surface area contributed by atoms with Crippen molar-refractivity contribution in [3.63, 3.8) is 0 Å². The van der Waals surface area contributed by atoms with Crippen molar-refractivity contribution >= 4 is 38.7 Å². The van der Waals surface area contributed by atoms with Gasteiger partial charge in [-0.1, -0.05) is 0 Å². The number of nitrogens with one attached hydrogen (secondary N) is 1. The summed E-state index contributed by atoms with van der Waals surface area (Å²) < 4.78 is 0.749. The van der Waals surface area contributed by atoms with Crippen molar-refractivity contribution < 1.29 is 0 Å². The van der Waals surface area contributed by atoms with E-state index in [1.807, 2.05) is 18.2 Å². The van der Waals surface area contributed by atoms with E-state index in [-0.39, 0.29) is 0 Å². The molecule has 0 aliphatic heterocycles. The molecule has 5 heteroatoms. The molecule has 0 atom stereocenters. The second-order valence-electron chi connectivity index (χ2n) is 3.78. The third kappa shape index (κ3) is 2.55. The van der Waals surface area contributed by atoms with Crippen molar-refractivity contribution in [2.75, 3.05) is 16.8 Å². The van der Waals surface area contributed by atoms with Gasteiger partial charge < -0.3 is 16.8 Å². The zero-order chi connectivity index (χ0) is 13.1. The minimum absolute atomic E-state index is 0.535. The Labute approximate surface area is 113 Å². The highest BCUT2D eigenvalue weighted by molar-refractivity contribution is 9.10. The van der Waals surface area contributed by atoms with E-state index >= 15 is 0 Å².